The molecule has 232 valence electrons. The number of hydrogen-bond donors (Lipinski definition) is 0. The molecular formula is C35H63ClN2O2. The molecule has 5 heteroatoms. The predicted octanol–water partition coefficient (Wildman–Crippen LogP) is 6.78. The van der Waals surface area contributed by atoms with Gasteiger partial charge in [-0.25, -0.2) is 9.48 Å². The topological polar surface area (TPSA) is 24.7 Å². The molecule has 0 aromatic heterocycles. The van der Waals surface area contributed by atoms with Gasteiger partial charge in [0.2, 0.25) is 0 Å². The number of ether oxygens (including phenoxy) is 2. The molecule has 0 bridgehead atoms. The van der Waals surface area contributed by atoms with Gasteiger partial charge in [0.1, 0.15) is 7.05 Å². The molecule has 0 saturated heterocycles. The van der Waals surface area contributed by atoms with Crippen LogP contribution in [0.3, 0.4) is 0 Å². The van der Waals surface area contributed by atoms with Crippen molar-refractivity contribution in [3.05, 3.63) is 23.8 Å². The van der Waals surface area contributed by atoms with Crippen molar-refractivity contribution in [2.24, 2.45) is 0 Å². The third-order valence-electron chi connectivity index (χ3n) is 8.00. The highest BCUT2D eigenvalue weighted by Crippen LogP contribution is 2.30. The minimum absolute atomic E-state index is 0. The van der Waals surface area contributed by atoms with Crippen molar-refractivity contribution in [2.45, 2.75) is 149 Å². The van der Waals surface area contributed by atoms with E-state index >= 15 is 0 Å². The Morgan fingerprint density at radius 1 is 0.625 bits per heavy atom. The van der Waals surface area contributed by atoms with Crippen molar-refractivity contribution in [1.82, 2.24) is 4.90 Å². The fraction of sp³-hybridized carbons (Fsp3) is 0.800. The minimum Gasteiger partial charge on any atom is -1.00 e. The standard InChI is InChI=1S/C35H63N2O2.ClH/c1-4-6-8-10-12-14-16-18-20-22-28-38-34-25-24-33(31-37-27-26-36(3)32-37)30-35(34)39-29-23-21-19-17-15-13-11-9-7-5-2;/h24-26,30H,4-23,27-29,31-32H2,1-3H3;1H/q+1;/p-1. The molecule has 0 spiro atoms. The van der Waals surface area contributed by atoms with Crippen LogP contribution in [-0.4, -0.2) is 49.2 Å². The van der Waals surface area contributed by atoms with Gasteiger partial charge in [-0.15, -0.1) is 0 Å². The Morgan fingerprint density at radius 3 is 1.52 bits per heavy atom. The second-order valence-corrected chi connectivity index (χ2v) is 11.9. The summed E-state index contributed by atoms with van der Waals surface area (Å²) >= 11 is 0. The second-order valence-electron chi connectivity index (χ2n) is 11.9. The molecule has 0 fully saturated rings. The summed E-state index contributed by atoms with van der Waals surface area (Å²) in [4.78, 5) is 2.45. The first-order chi connectivity index (χ1) is 19.2. The van der Waals surface area contributed by atoms with Crippen LogP contribution in [0.25, 0.3) is 0 Å². The molecule has 4 nitrogen and oxygen atoms in total. The van der Waals surface area contributed by atoms with E-state index in [0.717, 1.165) is 57.3 Å². The Bertz CT molecular complexity index is 755. The summed E-state index contributed by atoms with van der Waals surface area (Å²) in [6.07, 6.45) is 29.2. The van der Waals surface area contributed by atoms with Crippen LogP contribution in [-0.2, 0) is 6.54 Å². The Kier molecular flexibility index (Phi) is 23.4. The van der Waals surface area contributed by atoms with Gasteiger partial charge in [-0.2, -0.15) is 0 Å². The molecule has 1 aromatic carbocycles. The average Bonchev–Trinajstić information content (AvgIpc) is 3.35. The maximum atomic E-state index is 6.32. The number of rotatable bonds is 26. The zero-order valence-corrected chi connectivity index (χ0v) is 27.3. The first-order valence-electron chi connectivity index (χ1n) is 16.9. The van der Waals surface area contributed by atoms with Crippen LogP contribution in [0, 0.1) is 0 Å². The van der Waals surface area contributed by atoms with Crippen molar-refractivity contribution in [1.29, 1.82) is 0 Å². The van der Waals surface area contributed by atoms with Gasteiger partial charge < -0.3 is 21.9 Å². The van der Waals surface area contributed by atoms with E-state index in [1.807, 2.05) is 0 Å². The van der Waals surface area contributed by atoms with Crippen LogP contribution in [0.5, 0.6) is 11.5 Å². The Morgan fingerprint density at radius 2 is 1.07 bits per heavy atom. The highest BCUT2D eigenvalue weighted by molar-refractivity contribution is 5.55. The molecular weight excluding hydrogens is 516 g/mol. The number of nitrogens with zero attached hydrogens (tertiary/aromatic N) is 2. The lowest BCUT2D eigenvalue weighted by atomic mass is 10.1. The first kappa shape index (κ1) is 36.8. The van der Waals surface area contributed by atoms with Gasteiger partial charge in [-0.3, -0.25) is 0 Å². The molecule has 0 N–H and O–H groups in total. The molecule has 0 saturated carbocycles. The van der Waals surface area contributed by atoms with Crippen molar-refractivity contribution in [3.63, 3.8) is 0 Å². The number of benzene rings is 1. The van der Waals surface area contributed by atoms with E-state index in [1.54, 1.807) is 0 Å². The summed E-state index contributed by atoms with van der Waals surface area (Å²) in [6.45, 7) is 9.11. The molecule has 1 aromatic rings. The Labute approximate surface area is 254 Å². The maximum absolute atomic E-state index is 6.32. The third-order valence-corrected chi connectivity index (χ3v) is 8.00. The van der Waals surface area contributed by atoms with Crippen LogP contribution >= 0.6 is 0 Å². The molecule has 0 atom stereocenters. The third kappa shape index (κ3) is 18.2. The van der Waals surface area contributed by atoms with Gasteiger partial charge >= 0.3 is 0 Å². The Hall–Kier alpha value is -1.26. The number of hydrogen-bond acceptors (Lipinski definition) is 3. The molecule has 1 aliphatic heterocycles. The van der Waals surface area contributed by atoms with E-state index < -0.39 is 0 Å². The van der Waals surface area contributed by atoms with Crippen LogP contribution in [0.2, 0.25) is 0 Å². The summed E-state index contributed by atoms with van der Waals surface area (Å²) in [5, 5.41) is 0. The average molecular weight is 579 g/mol. The van der Waals surface area contributed by atoms with E-state index in [1.165, 1.54) is 121 Å². The zero-order valence-electron chi connectivity index (χ0n) is 26.6. The summed E-state index contributed by atoms with van der Waals surface area (Å²) < 4.78 is 14.8. The van der Waals surface area contributed by atoms with Crippen LogP contribution in [0.4, 0.5) is 0 Å². The van der Waals surface area contributed by atoms with E-state index in [-0.39, 0.29) is 12.4 Å². The molecule has 0 amide bonds. The van der Waals surface area contributed by atoms with E-state index in [9.17, 15) is 0 Å². The number of halogens is 1. The van der Waals surface area contributed by atoms with E-state index in [2.05, 4.69) is 54.8 Å². The van der Waals surface area contributed by atoms with Crippen molar-refractivity contribution in [3.8, 4) is 11.5 Å². The SMILES string of the molecule is CCCCCCCCCCCCOc1ccc(CN2CC=[N+](C)C2)cc1OCCCCCCCCCCCC.[Cl-]. The maximum Gasteiger partial charge on any atom is 0.199 e. The zero-order chi connectivity index (χ0) is 27.8. The van der Waals surface area contributed by atoms with Gasteiger partial charge in [0.15, 0.2) is 24.4 Å². The predicted molar refractivity (Wildman–Crippen MR) is 169 cm³/mol. The van der Waals surface area contributed by atoms with Crippen molar-refractivity contribution in [2.75, 3.05) is 33.5 Å². The molecule has 0 aliphatic carbocycles. The van der Waals surface area contributed by atoms with Crippen LogP contribution < -0.4 is 21.9 Å². The fourth-order valence-corrected chi connectivity index (χ4v) is 5.48. The van der Waals surface area contributed by atoms with Crippen molar-refractivity contribution >= 4 is 6.21 Å². The largest absolute Gasteiger partial charge is 1.00 e. The fourth-order valence-electron chi connectivity index (χ4n) is 5.48. The molecule has 2 rings (SSSR count). The van der Waals surface area contributed by atoms with E-state index in [4.69, 9.17) is 9.47 Å². The normalized spacial score (nSPS) is 13.3. The Balaban J connectivity index is 0.00000800. The lowest BCUT2D eigenvalue weighted by Crippen LogP contribution is -3.00. The van der Waals surface area contributed by atoms with Gasteiger partial charge in [0.25, 0.3) is 0 Å². The summed E-state index contributed by atoms with van der Waals surface area (Å²) in [5.41, 5.74) is 1.31. The first-order valence-corrected chi connectivity index (χ1v) is 16.9. The quantitative estimate of drug-likeness (QED) is 0.0895. The van der Waals surface area contributed by atoms with Crippen LogP contribution in [0.1, 0.15) is 148 Å². The molecule has 40 heavy (non-hydrogen) atoms. The lowest BCUT2D eigenvalue weighted by Gasteiger charge is -2.16. The monoisotopic (exact) mass is 578 g/mol. The highest BCUT2D eigenvalue weighted by Gasteiger charge is 2.18. The lowest BCUT2D eigenvalue weighted by molar-refractivity contribution is -0.502. The molecule has 1 heterocycles. The number of unbranched alkanes of at least 4 members (excludes halogenated alkanes) is 18. The van der Waals surface area contributed by atoms with Gasteiger partial charge in [-0.05, 0) is 30.5 Å². The van der Waals surface area contributed by atoms with E-state index in [0.29, 0.717) is 0 Å². The minimum atomic E-state index is 0. The molecule has 0 unspecified atom stereocenters. The summed E-state index contributed by atoms with van der Waals surface area (Å²) in [5.74, 6) is 1.86. The van der Waals surface area contributed by atoms with Gasteiger partial charge in [0.05, 0.1) is 19.8 Å². The summed E-state index contributed by atoms with van der Waals surface area (Å²) in [7, 11) is 2.14. The summed E-state index contributed by atoms with van der Waals surface area (Å²) in [6, 6.07) is 6.59. The van der Waals surface area contributed by atoms with Gasteiger partial charge in [0, 0.05) is 6.54 Å². The van der Waals surface area contributed by atoms with Crippen molar-refractivity contribution < 1.29 is 26.5 Å². The molecule has 1 aliphatic rings. The van der Waals surface area contributed by atoms with Crippen LogP contribution in [0.15, 0.2) is 18.2 Å². The highest BCUT2D eigenvalue weighted by atomic mass is 35.5. The van der Waals surface area contributed by atoms with Gasteiger partial charge in [-0.1, -0.05) is 135 Å². The smallest absolute Gasteiger partial charge is 0.199 e. The molecule has 0 radical (unpaired) electrons. The second kappa shape index (κ2) is 25.5.